The van der Waals surface area contributed by atoms with Crippen molar-refractivity contribution in [1.82, 2.24) is 10.1 Å². The molecule has 6 nitrogen and oxygen atoms in total. The molecule has 0 bridgehead atoms. The number of carbonyl (C=O) groups excluding carboxylic acids is 1. The smallest absolute Gasteiger partial charge is 0.238 e. The van der Waals surface area contributed by atoms with Crippen molar-refractivity contribution < 1.29 is 14.1 Å². The molecular weight excluding hydrogens is 410 g/mol. The number of methoxy groups -OCH3 is 1. The van der Waals surface area contributed by atoms with Crippen LogP contribution in [0.1, 0.15) is 18.5 Å². The highest BCUT2D eigenvalue weighted by Crippen LogP contribution is 2.49. The first-order valence-corrected chi connectivity index (χ1v) is 10.3. The standard InChI is InChI=1S/C21H16ClN3O3S/c1-27-14-4-2-3-12(9-14)16-11-18(25-28-16)21(7-8-21)19(26)24-20-23-15-6-5-13(22)10-17(15)29-20/h2-6,9-11H,7-8H2,1H3,(H,23,24,26). The molecule has 2 aromatic heterocycles. The molecule has 5 rings (SSSR count). The molecule has 0 spiro atoms. The van der Waals surface area contributed by atoms with Gasteiger partial charge in [0.2, 0.25) is 5.91 Å². The van der Waals surface area contributed by atoms with Crippen LogP contribution < -0.4 is 10.1 Å². The lowest BCUT2D eigenvalue weighted by Gasteiger charge is -2.10. The van der Waals surface area contributed by atoms with Gasteiger partial charge in [0.15, 0.2) is 10.9 Å². The molecule has 1 amide bonds. The van der Waals surface area contributed by atoms with Crippen molar-refractivity contribution in [1.29, 1.82) is 0 Å². The first-order valence-electron chi connectivity index (χ1n) is 9.07. The zero-order valence-electron chi connectivity index (χ0n) is 15.4. The van der Waals surface area contributed by atoms with Gasteiger partial charge >= 0.3 is 0 Å². The Labute approximate surface area is 175 Å². The Morgan fingerprint density at radius 2 is 2.10 bits per heavy atom. The van der Waals surface area contributed by atoms with E-state index in [1.54, 1.807) is 13.2 Å². The summed E-state index contributed by atoms with van der Waals surface area (Å²) in [4.78, 5) is 17.5. The molecule has 1 aliphatic rings. The van der Waals surface area contributed by atoms with Crippen LogP contribution >= 0.6 is 22.9 Å². The summed E-state index contributed by atoms with van der Waals surface area (Å²) in [6.45, 7) is 0. The van der Waals surface area contributed by atoms with E-state index in [0.717, 1.165) is 34.4 Å². The lowest BCUT2D eigenvalue weighted by molar-refractivity contribution is -0.118. The second-order valence-electron chi connectivity index (χ2n) is 6.98. The summed E-state index contributed by atoms with van der Waals surface area (Å²) in [6.07, 6.45) is 1.44. The molecule has 2 heterocycles. The molecule has 0 aliphatic heterocycles. The molecule has 1 saturated carbocycles. The number of fused-ring (bicyclic) bond motifs is 1. The number of hydrogen-bond acceptors (Lipinski definition) is 6. The lowest BCUT2D eigenvalue weighted by atomic mass is 10.0. The third-order valence-electron chi connectivity index (χ3n) is 5.11. The SMILES string of the molecule is COc1cccc(-c2cc(C3(C(=O)Nc4nc5ccc(Cl)cc5s4)CC3)no2)c1. The van der Waals surface area contributed by atoms with Crippen LogP contribution in [0.2, 0.25) is 5.02 Å². The van der Waals surface area contributed by atoms with Crippen molar-refractivity contribution in [3.05, 3.63) is 59.2 Å². The van der Waals surface area contributed by atoms with E-state index in [9.17, 15) is 4.79 Å². The minimum absolute atomic E-state index is 0.117. The zero-order valence-corrected chi connectivity index (χ0v) is 17.0. The Morgan fingerprint density at radius 1 is 1.24 bits per heavy atom. The molecule has 1 aliphatic carbocycles. The summed E-state index contributed by atoms with van der Waals surface area (Å²) < 4.78 is 11.7. The molecule has 4 aromatic rings. The van der Waals surface area contributed by atoms with Crippen LogP contribution in [0.25, 0.3) is 21.5 Å². The Hall–Kier alpha value is -2.90. The third kappa shape index (κ3) is 3.26. The summed E-state index contributed by atoms with van der Waals surface area (Å²) in [7, 11) is 1.62. The van der Waals surface area contributed by atoms with Gasteiger partial charge in [0.1, 0.15) is 5.75 Å². The highest BCUT2D eigenvalue weighted by atomic mass is 35.5. The minimum Gasteiger partial charge on any atom is -0.497 e. The van der Waals surface area contributed by atoms with Crippen molar-refractivity contribution in [3.8, 4) is 17.1 Å². The number of benzene rings is 2. The number of rotatable bonds is 5. The van der Waals surface area contributed by atoms with Gasteiger partial charge in [-0.3, -0.25) is 4.79 Å². The maximum Gasteiger partial charge on any atom is 0.238 e. The van der Waals surface area contributed by atoms with E-state index in [1.165, 1.54) is 11.3 Å². The average Bonchev–Trinajstić information content (AvgIpc) is 3.21. The fraction of sp³-hybridized carbons (Fsp3) is 0.190. The van der Waals surface area contributed by atoms with Crippen LogP contribution in [0, 0.1) is 0 Å². The fourth-order valence-electron chi connectivity index (χ4n) is 3.31. The molecule has 8 heteroatoms. The lowest BCUT2D eigenvalue weighted by Crippen LogP contribution is -2.28. The Balaban J connectivity index is 1.39. The molecule has 0 atom stereocenters. The molecule has 0 saturated heterocycles. The monoisotopic (exact) mass is 425 g/mol. The van der Waals surface area contributed by atoms with Crippen LogP contribution in [-0.4, -0.2) is 23.2 Å². The highest BCUT2D eigenvalue weighted by molar-refractivity contribution is 7.22. The predicted molar refractivity (Wildman–Crippen MR) is 113 cm³/mol. The second-order valence-corrected chi connectivity index (χ2v) is 8.44. The maximum absolute atomic E-state index is 13.0. The highest BCUT2D eigenvalue weighted by Gasteiger charge is 2.54. The quantitative estimate of drug-likeness (QED) is 0.470. The number of halogens is 1. The molecule has 146 valence electrons. The maximum atomic E-state index is 13.0. The molecular formula is C21H16ClN3O3S. The van der Waals surface area contributed by atoms with Crippen molar-refractivity contribution in [2.24, 2.45) is 0 Å². The van der Waals surface area contributed by atoms with Gasteiger partial charge in [0.05, 0.1) is 28.4 Å². The zero-order chi connectivity index (χ0) is 20.0. The van der Waals surface area contributed by atoms with Crippen LogP contribution in [0.4, 0.5) is 5.13 Å². The van der Waals surface area contributed by atoms with Crippen molar-refractivity contribution in [2.75, 3.05) is 12.4 Å². The number of anilines is 1. The van der Waals surface area contributed by atoms with E-state index in [1.807, 2.05) is 42.5 Å². The summed E-state index contributed by atoms with van der Waals surface area (Å²) in [5.74, 6) is 1.22. The van der Waals surface area contributed by atoms with Gasteiger partial charge in [-0.05, 0) is 43.2 Å². The van der Waals surface area contributed by atoms with Crippen LogP contribution in [0.3, 0.4) is 0 Å². The third-order valence-corrected chi connectivity index (χ3v) is 6.28. The number of carbonyl (C=O) groups is 1. The largest absolute Gasteiger partial charge is 0.497 e. The summed E-state index contributed by atoms with van der Waals surface area (Å²) in [5, 5.41) is 8.33. The van der Waals surface area contributed by atoms with Crippen molar-refractivity contribution in [2.45, 2.75) is 18.3 Å². The summed E-state index contributed by atoms with van der Waals surface area (Å²) in [6, 6.07) is 14.8. The van der Waals surface area contributed by atoms with Crippen molar-refractivity contribution in [3.63, 3.8) is 0 Å². The molecule has 2 aromatic carbocycles. The first-order chi connectivity index (χ1) is 14.1. The van der Waals surface area contributed by atoms with Crippen molar-refractivity contribution >= 4 is 44.2 Å². The van der Waals surface area contributed by atoms with Crippen LogP contribution in [0.15, 0.2) is 53.1 Å². The molecule has 29 heavy (non-hydrogen) atoms. The molecule has 0 radical (unpaired) electrons. The number of nitrogens with zero attached hydrogens (tertiary/aromatic N) is 2. The van der Waals surface area contributed by atoms with Gasteiger partial charge in [0.25, 0.3) is 0 Å². The topological polar surface area (TPSA) is 77.2 Å². The van der Waals surface area contributed by atoms with Crippen LogP contribution in [0.5, 0.6) is 5.75 Å². The number of aromatic nitrogens is 2. The first kappa shape index (κ1) is 18.1. The number of hydrogen-bond donors (Lipinski definition) is 1. The number of nitrogens with one attached hydrogen (secondary N) is 1. The van der Waals surface area contributed by atoms with E-state index < -0.39 is 5.41 Å². The van der Waals surface area contributed by atoms with E-state index in [-0.39, 0.29) is 5.91 Å². The van der Waals surface area contributed by atoms with Gasteiger partial charge in [-0.1, -0.05) is 40.2 Å². The summed E-state index contributed by atoms with van der Waals surface area (Å²) in [5.41, 5.74) is 1.62. The van der Waals surface area contributed by atoms with E-state index >= 15 is 0 Å². The summed E-state index contributed by atoms with van der Waals surface area (Å²) >= 11 is 7.43. The van der Waals surface area contributed by atoms with Gasteiger partial charge in [-0.25, -0.2) is 4.98 Å². The predicted octanol–water partition coefficient (Wildman–Crippen LogP) is 5.28. The fourth-order valence-corrected chi connectivity index (χ4v) is 4.44. The Bertz CT molecular complexity index is 1230. The van der Waals surface area contributed by atoms with Gasteiger partial charge in [0, 0.05) is 16.7 Å². The second kappa shape index (κ2) is 6.86. The van der Waals surface area contributed by atoms with Gasteiger partial charge < -0.3 is 14.6 Å². The Morgan fingerprint density at radius 3 is 2.90 bits per heavy atom. The van der Waals surface area contributed by atoms with E-state index in [0.29, 0.717) is 21.6 Å². The number of amides is 1. The Kier molecular flexibility index (Phi) is 4.29. The minimum atomic E-state index is -0.671. The van der Waals surface area contributed by atoms with Crippen LogP contribution in [-0.2, 0) is 10.2 Å². The van der Waals surface area contributed by atoms with Gasteiger partial charge in [-0.2, -0.15) is 0 Å². The molecule has 1 fully saturated rings. The number of ether oxygens (including phenoxy) is 1. The molecule has 0 unspecified atom stereocenters. The molecule has 1 N–H and O–H groups in total. The normalized spacial score (nSPS) is 14.7. The number of thiazole rings is 1. The van der Waals surface area contributed by atoms with E-state index in [2.05, 4.69) is 15.5 Å². The average molecular weight is 426 g/mol. The van der Waals surface area contributed by atoms with Gasteiger partial charge in [-0.15, -0.1) is 0 Å². The van der Waals surface area contributed by atoms with E-state index in [4.69, 9.17) is 20.9 Å².